The normalized spacial score (nSPS) is 27.3. The van der Waals surface area contributed by atoms with Crippen molar-refractivity contribution >= 4 is 5.84 Å². The summed E-state index contributed by atoms with van der Waals surface area (Å²) < 4.78 is 5.91. The standard InChI is InChI=1S/C16H23N3O2/c17-16(18-20)13-7-5-12(6-8-13)11-19-9-10-21-15-4-2-1-3-14(15)19/h5-8,14-15,20H,1-4,9-11H2,(H2,17,18). The van der Waals surface area contributed by atoms with Crippen molar-refractivity contribution in [1.82, 2.24) is 4.90 Å². The van der Waals surface area contributed by atoms with E-state index in [1.807, 2.05) is 12.1 Å². The van der Waals surface area contributed by atoms with Gasteiger partial charge in [-0.1, -0.05) is 42.3 Å². The van der Waals surface area contributed by atoms with Gasteiger partial charge in [-0.3, -0.25) is 4.90 Å². The van der Waals surface area contributed by atoms with Crippen LogP contribution in [-0.2, 0) is 11.3 Å². The first-order valence-electron chi connectivity index (χ1n) is 7.70. The van der Waals surface area contributed by atoms with E-state index in [1.165, 1.54) is 31.2 Å². The van der Waals surface area contributed by atoms with Crippen LogP contribution < -0.4 is 5.73 Å². The van der Waals surface area contributed by atoms with E-state index in [4.69, 9.17) is 15.7 Å². The number of ether oxygens (including phenoxy) is 1. The topological polar surface area (TPSA) is 71.1 Å². The summed E-state index contributed by atoms with van der Waals surface area (Å²) in [6, 6.07) is 8.49. The van der Waals surface area contributed by atoms with E-state index in [-0.39, 0.29) is 5.84 Å². The van der Waals surface area contributed by atoms with Gasteiger partial charge in [-0.05, 0) is 18.4 Å². The van der Waals surface area contributed by atoms with E-state index in [0.29, 0.717) is 12.1 Å². The van der Waals surface area contributed by atoms with Gasteiger partial charge in [0.1, 0.15) is 0 Å². The molecule has 2 unspecified atom stereocenters. The quantitative estimate of drug-likeness (QED) is 0.386. The maximum absolute atomic E-state index is 8.69. The number of fused-ring (bicyclic) bond motifs is 1. The molecule has 0 amide bonds. The van der Waals surface area contributed by atoms with Crippen LogP contribution in [0, 0.1) is 0 Å². The van der Waals surface area contributed by atoms with Crippen molar-refractivity contribution in [2.24, 2.45) is 10.9 Å². The Bertz CT molecular complexity index is 499. The number of nitrogens with zero attached hydrogens (tertiary/aromatic N) is 2. The molecule has 5 heteroatoms. The number of rotatable bonds is 3. The lowest BCUT2D eigenvalue weighted by Crippen LogP contribution is -2.52. The molecule has 2 aliphatic rings. The molecule has 1 saturated heterocycles. The van der Waals surface area contributed by atoms with Crippen molar-refractivity contribution < 1.29 is 9.94 Å². The van der Waals surface area contributed by atoms with Crippen LogP contribution in [0.3, 0.4) is 0 Å². The molecule has 1 saturated carbocycles. The van der Waals surface area contributed by atoms with Crippen LogP contribution in [0.5, 0.6) is 0 Å². The zero-order chi connectivity index (χ0) is 14.7. The summed E-state index contributed by atoms with van der Waals surface area (Å²) in [5.41, 5.74) is 7.60. The van der Waals surface area contributed by atoms with Gasteiger partial charge in [0.15, 0.2) is 5.84 Å². The van der Waals surface area contributed by atoms with Crippen molar-refractivity contribution in [1.29, 1.82) is 0 Å². The largest absolute Gasteiger partial charge is 0.409 e. The first-order chi connectivity index (χ1) is 10.3. The van der Waals surface area contributed by atoms with Crippen molar-refractivity contribution in [2.45, 2.75) is 44.4 Å². The molecule has 2 fully saturated rings. The Hall–Kier alpha value is -1.59. The molecule has 1 aromatic rings. The predicted octanol–water partition coefficient (Wildman–Crippen LogP) is 1.92. The summed E-state index contributed by atoms with van der Waals surface area (Å²) in [7, 11) is 0. The molecule has 0 bridgehead atoms. The molecular weight excluding hydrogens is 266 g/mol. The first-order valence-corrected chi connectivity index (χ1v) is 7.70. The minimum absolute atomic E-state index is 0.153. The average Bonchev–Trinajstić information content (AvgIpc) is 2.55. The summed E-state index contributed by atoms with van der Waals surface area (Å²) in [4.78, 5) is 2.55. The molecule has 114 valence electrons. The fraction of sp³-hybridized carbons (Fsp3) is 0.562. The second-order valence-corrected chi connectivity index (χ2v) is 5.91. The molecule has 5 nitrogen and oxygen atoms in total. The predicted molar refractivity (Wildman–Crippen MR) is 81.4 cm³/mol. The Balaban J connectivity index is 1.67. The summed E-state index contributed by atoms with van der Waals surface area (Å²) in [6.45, 7) is 2.79. The van der Waals surface area contributed by atoms with E-state index >= 15 is 0 Å². The molecule has 0 aromatic heterocycles. The maximum atomic E-state index is 8.69. The third-order valence-electron chi connectivity index (χ3n) is 4.59. The van der Waals surface area contributed by atoms with Gasteiger partial charge in [-0.25, -0.2) is 0 Å². The first kappa shape index (κ1) is 14.4. The van der Waals surface area contributed by atoms with Crippen LogP contribution in [0.4, 0.5) is 0 Å². The zero-order valence-electron chi connectivity index (χ0n) is 12.2. The van der Waals surface area contributed by atoms with E-state index < -0.39 is 0 Å². The third-order valence-corrected chi connectivity index (χ3v) is 4.59. The van der Waals surface area contributed by atoms with Gasteiger partial charge >= 0.3 is 0 Å². The second-order valence-electron chi connectivity index (χ2n) is 5.91. The van der Waals surface area contributed by atoms with Gasteiger partial charge in [-0.15, -0.1) is 0 Å². The van der Waals surface area contributed by atoms with Crippen molar-refractivity contribution in [2.75, 3.05) is 13.2 Å². The Morgan fingerprint density at radius 2 is 2.05 bits per heavy atom. The maximum Gasteiger partial charge on any atom is 0.170 e. The van der Waals surface area contributed by atoms with Gasteiger partial charge in [-0.2, -0.15) is 0 Å². The molecule has 3 rings (SSSR count). The monoisotopic (exact) mass is 289 g/mol. The van der Waals surface area contributed by atoms with Gasteiger partial charge in [0.2, 0.25) is 0 Å². The van der Waals surface area contributed by atoms with E-state index in [9.17, 15) is 0 Å². The highest BCUT2D eigenvalue weighted by atomic mass is 16.5. The van der Waals surface area contributed by atoms with E-state index in [1.54, 1.807) is 0 Å². The Kier molecular flexibility index (Phi) is 4.41. The lowest BCUT2D eigenvalue weighted by molar-refractivity contribution is -0.0911. The molecule has 1 aliphatic carbocycles. The number of nitrogens with two attached hydrogens (primary N) is 1. The minimum atomic E-state index is 0.153. The van der Waals surface area contributed by atoms with Gasteiger partial charge in [0, 0.05) is 24.7 Å². The number of hydrogen-bond donors (Lipinski definition) is 2. The van der Waals surface area contributed by atoms with Crippen LogP contribution in [-0.4, -0.2) is 41.2 Å². The number of amidine groups is 1. The van der Waals surface area contributed by atoms with E-state index in [2.05, 4.69) is 22.2 Å². The Labute approximate surface area is 125 Å². The van der Waals surface area contributed by atoms with Crippen molar-refractivity contribution in [3.63, 3.8) is 0 Å². The fourth-order valence-corrected chi connectivity index (χ4v) is 3.45. The smallest absolute Gasteiger partial charge is 0.170 e. The minimum Gasteiger partial charge on any atom is -0.409 e. The molecule has 2 atom stereocenters. The average molecular weight is 289 g/mol. The highest BCUT2D eigenvalue weighted by Crippen LogP contribution is 2.29. The summed E-state index contributed by atoms with van der Waals surface area (Å²) in [5, 5.41) is 11.7. The lowest BCUT2D eigenvalue weighted by Gasteiger charge is -2.43. The number of morpholine rings is 1. The van der Waals surface area contributed by atoms with Crippen LogP contribution in [0.1, 0.15) is 36.8 Å². The third kappa shape index (κ3) is 3.19. The SMILES string of the molecule is NC(=NO)c1ccc(CN2CCOC3CCCCC32)cc1. The summed E-state index contributed by atoms with van der Waals surface area (Å²) in [6.07, 6.45) is 5.47. The molecular formula is C16H23N3O2. The molecule has 0 radical (unpaired) electrons. The Morgan fingerprint density at radius 1 is 1.29 bits per heavy atom. The van der Waals surface area contributed by atoms with Gasteiger partial charge < -0.3 is 15.7 Å². The molecule has 1 aromatic carbocycles. The van der Waals surface area contributed by atoms with E-state index in [0.717, 1.165) is 25.3 Å². The van der Waals surface area contributed by atoms with Crippen molar-refractivity contribution in [3.8, 4) is 0 Å². The fourth-order valence-electron chi connectivity index (χ4n) is 3.45. The highest BCUT2D eigenvalue weighted by Gasteiger charge is 2.33. The Morgan fingerprint density at radius 3 is 2.81 bits per heavy atom. The molecule has 0 spiro atoms. The number of oxime groups is 1. The molecule has 21 heavy (non-hydrogen) atoms. The second kappa shape index (κ2) is 6.45. The van der Waals surface area contributed by atoms with Gasteiger partial charge in [0.05, 0.1) is 12.7 Å². The van der Waals surface area contributed by atoms with Crippen LogP contribution >= 0.6 is 0 Å². The number of benzene rings is 1. The molecule has 1 heterocycles. The molecule has 3 N–H and O–H groups in total. The number of hydrogen-bond acceptors (Lipinski definition) is 4. The summed E-state index contributed by atoms with van der Waals surface area (Å²) >= 11 is 0. The summed E-state index contributed by atoms with van der Waals surface area (Å²) in [5.74, 6) is 0.153. The van der Waals surface area contributed by atoms with Crippen LogP contribution in [0.25, 0.3) is 0 Å². The van der Waals surface area contributed by atoms with Crippen LogP contribution in [0.15, 0.2) is 29.4 Å². The van der Waals surface area contributed by atoms with Gasteiger partial charge in [0.25, 0.3) is 0 Å². The van der Waals surface area contributed by atoms with Crippen molar-refractivity contribution in [3.05, 3.63) is 35.4 Å². The van der Waals surface area contributed by atoms with Crippen LogP contribution in [0.2, 0.25) is 0 Å². The molecule has 1 aliphatic heterocycles. The zero-order valence-corrected chi connectivity index (χ0v) is 12.2. The lowest BCUT2D eigenvalue weighted by atomic mass is 9.90. The highest BCUT2D eigenvalue weighted by molar-refractivity contribution is 5.96.